The molecule has 0 amide bonds. The van der Waals surface area contributed by atoms with Gasteiger partial charge < -0.3 is 14.7 Å². The first-order valence-electron chi connectivity index (χ1n) is 6.66. The summed E-state index contributed by atoms with van der Waals surface area (Å²) in [6.07, 6.45) is -2.95. The van der Waals surface area contributed by atoms with Gasteiger partial charge in [0.25, 0.3) is 0 Å². The van der Waals surface area contributed by atoms with Crippen LogP contribution in [-0.4, -0.2) is 59.7 Å². The van der Waals surface area contributed by atoms with Crippen molar-refractivity contribution in [2.75, 3.05) is 27.1 Å². The predicted molar refractivity (Wildman–Crippen MR) is 60.0 cm³/mol. The summed E-state index contributed by atoms with van der Waals surface area (Å²) in [6, 6.07) is 0. The fraction of sp³-hybridized carbons (Fsp3) is 0.818. The number of carboxylic acid groups (broad SMARTS) is 1. The van der Waals surface area contributed by atoms with Crippen LogP contribution in [0.2, 0.25) is 0 Å². The summed E-state index contributed by atoms with van der Waals surface area (Å²) < 4.78 is 22.6. The minimum Gasteiger partial charge on any atom is -0.481 e. The lowest BCUT2D eigenvalue weighted by molar-refractivity contribution is -0.885. The molecule has 0 aromatic rings. The Bertz CT molecular complexity index is 356. The molecule has 2 N–H and O–H groups in total. The van der Waals surface area contributed by atoms with Crippen LogP contribution < -0.4 is 0 Å². The molecule has 0 spiro atoms. The molecule has 16 heavy (non-hydrogen) atoms. The molecule has 0 fully saturated rings. The Morgan fingerprint density at radius 3 is 2.50 bits per heavy atom. The van der Waals surface area contributed by atoms with Crippen molar-refractivity contribution in [1.29, 1.82) is 0 Å². The first-order chi connectivity index (χ1) is 8.37. The summed E-state index contributed by atoms with van der Waals surface area (Å²) >= 11 is 0. The maximum absolute atomic E-state index is 11.6. The second kappa shape index (κ2) is 6.60. The van der Waals surface area contributed by atoms with E-state index < -0.39 is 29.5 Å². The molecule has 0 aliphatic rings. The Morgan fingerprint density at radius 1 is 1.50 bits per heavy atom. The normalized spacial score (nSPS) is 19.1. The summed E-state index contributed by atoms with van der Waals surface area (Å²) in [4.78, 5) is 22.2. The number of aliphatic carboxylic acids is 1. The first-order valence-corrected chi connectivity index (χ1v) is 5.16. The van der Waals surface area contributed by atoms with E-state index in [1.54, 1.807) is 0 Å². The van der Waals surface area contributed by atoms with Crippen molar-refractivity contribution in [3.05, 3.63) is 0 Å². The van der Waals surface area contributed by atoms with Gasteiger partial charge in [0.1, 0.15) is 19.1 Å². The molecule has 1 atom stereocenters. The van der Waals surface area contributed by atoms with Crippen LogP contribution in [0.1, 0.15) is 30.3 Å². The molecule has 0 rings (SSSR count). The average Bonchev–Trinajstić information content (AvgIpc) is 2.13. The van der Waals surface area contributed by atoms with Crippen LogP contribution in [-0.2, 0) is 9.59 Å². The number of nitrogens with zero attached hydrogens (tertiary/aromatic N) is 1. The van der Waals surface area contributed by atoms with E-state index >= 15 is 0 Å². The molecule has 0 aromatic carbocycles. The van der Waals surface area contributed by atoms with E-state index in [-0.39, 0.29) is 18.7 Å². The summed E-state index contributed by atoms with van der Waals surface area (Å²) in [6.45, 7) is -0.978. The van der Waals surface area contributed by atoms with Gasteiger partial charge in [0, 0.05) is 6.42 Å². The molecule has 0 aromatic heterocycles. The van der Waals surface area contributed by atoms with E-state index in [4.69, 9.17) is 9.22 Å². The number of ketones is 1. The maximum Gasteiger partial charge on any atom is 0.306 e. The predicted octanol–water partition coefficient (Wildman–Crippen LogP) is 0.268. The van der Waals surface area contributed by atoms with Gasteiger partial charge in [-0.2, -0.15) is 0 Å². The van der Waals surface area contributed by atoms with Gasteiger partial charge in [-0.3, -0.25) is 9.59 Å². The van der Waals surface area contributed by atoms with Crippen molar-refractivity contribution in [2.24, 2.45) is 0 Å². The summed E-state index contributed by atoms with van der Waals surface area (Å²) in [7, 11) is 2.71. The molecule has 94 valence electrons. The fourth-order valence-corrected chi connectivity index (χ4v) is 1.37. The van der Waals surface area contributed by atoms with Crippen LogP contribution in [0, 0.1) is 0 Å². The molecule has 0 aliphatic carbocycles. The number of rotatable bonds is 8. The van der Waals surface area contributed by atoms with Gasteiger partial charge in [-0.15, -0.1) is 0 Å². The molecule has 0 saturated carbocycles. The highest BCUT2D eigenvalue weighted by atomic mass is 16.4. The molecule has 0 saturated heterocycles. The van der Waals surface area contributed by atoms with Gasteiger partial charge in [-0.1, -0.05) is 6.92 Å². The zero-order valence-corrected chi connectivity index (χ0v) is 9.99. The van der Waals surface area contributed by atoms with Crippen molar-refractivity contribution in [3.8, 4) is 0 Å². The van der Waals surface area contributed by atoms with Crippen LogP contribution in [0.5, 0.6) is 0 Å². The number of hydrogen-bond acceptors (Lipinski definition) is 3. The molecule has 0 heterocycles. The number of carbonyl (C=O) groups excluding carboxylic acids is 1. The molecule has 0 bridgehead atoms. The number of likely N-dealkylation sites (N-methyl/N-ethyl adjacent to an activating group) is 1. The monoisotopic (exact) mass is 235 g/mol. The molecule has 0 aliphatic heterocycles. The Kier molecular flexibility index (Phi) is 4.22. The van der Waals surface area contributed by atoms with Gasteiger partial charge in [0.2, 0.25) is 0 Å². The Morgan fingerprint density at radius 2 is 2.06 bits per heavy atom. The number of aliphatic hydroxyl groups is 1. The van der Waals surface area contributed by atoms with Crippen LogP contribution in [0.15, 0.2) is 0 Å². The molecular formula is C11H22NO4+. The number of carboxylic acids is 1. The molecule has 0 radical (unpaired) electrons. The van der Waals surface area contributed by atoms with Crippen LogP contribution in [0.3, 0.4) is 0 Å². The average molecular weight is 235 g/mol. The topological polar surface area (TPSA) is 74.6 Å². The SMILES string of the molecule is [2H]C([2H])([C@]([2H])(O)CC(=O)O)[N+](C)(C)CC(=O)CCC. The third-order valence-corrected chi connectivity index (χ3v) is 1.85. The van der Waals surface area contributed by atoms with Crippen molar-refractivity contribution in [1.82, 2.24) is 0 Å². The Balaban J connectivity index is 5.14. The van der Waals surface area contributed by atoms with E-state index in [1.165, 1.54) is 14.1 Å². The first kappa shape index (κ1) is 10.2. The largest absolute Gasteiger partial charge is 0.481 e. The lowest BCUT2D eigenvalue weighted by Gasteiger charge is -2.30. The second-order valence-electron chi connectivity index (χ2n) is 4.26. The zero-order valence-electron chi connectivity index (χ0n) is 13.0. The lowest BCUT2D eigenvalue weighted by atomic mass is 10.2. The second-order valence-corrected chi connectivity index (χ2v) is 4.26. The van der Waals surface area contributed by atoms with Gasteiger partial charge in [-0.25, -0.2) is 0 Å². The smallest absolute Gasteiger partial charge is 0.306 e. The third-order valence-electron chi connectivity index (χ3n) is 1.85. The van der Waals surface area contributed by atoms with Crippen LogP contribution in [0.4, 0.5) is 0 Å². The quantitative estimate of drug-likeness (QED) is 0.592. The Labute approximate surface area is 100 Å². The minimum atomic E-state index is -2.81. The van der Waals surface area contributed by atoms with Crippen molar-refractivity contribution >= 4 is 11.8 Å². The summed E-state index contributed by atoms with van der Waals surface area (Å²) in [5, 5.41) is 18.4. The van der Waals surface area contributed by atoms with Gasteiger partial charge >= 0.3 is 5.97 Å². The number of carbonyl (C=O) groups is 2. The third kappa shape index (κ3) is 7.36. The van der Waals surface area contributed by atoms with Gasteiger partial charge in [0.15, 0.2) is 5.78 Å². The van der Waals surface area contributed by atoms with Crippen molar-refractivity contribution in [2.45, 2.75) is 32.3 Å². The maximum atomic E-state index is 11.6. The van der Waals surface area contributed by atoms with Crippen LogP contribution >= 0.6 is 0 Å². The van der Waals surface area contributed by atoms with Crippen molar-refractivity contribution in [3.63, 3.8) is 0 Å². The zero-order chi connectivity index (χ0) is 15.5. The molecule has 5 heteroatoms. The number of Topliss-reactive ketones (excluding diaryl/α,β-unsaturated/α-hetero) is 1. The fourth-order valence-electron chi connectivity index (χ4n) is 1.37. The van der Waals surface area contributed by atoms with E-state index in [0.29, 0.717) is 6.42 Å². The van der Waals surface area contributed by atoms with E-state index in [9.17, 15) is 14.7 Å². The van der Waals surface area contributed by atoms with E-state index in [1.807, 2.05) is 6.92 Å². The van der Waals surface area contributed by atoms with Crippen LogP contribution in [0.25, 0.3) is 0 Å². The number of quaternary nitrogens is 1. The highest BCUT2D eigenvalue weighted by molar-refractivity contribution is 5.79. The lowest BCUT2D eigenvalue weighted by Crippen LogP contribution is -2.48. The molecule has 5 nitrogen and oxygen atoms in total. The number of hydrogen-bond donors (Lipinski definition) is 2. The highest BCUT2D eigenvalue weighted by Gasteiger charge is 2.24. The molecular weight excluding hydrogens is 210 g/mol. The van der Waals surface area contributed by atoms with Gasteiger partial charge in [-0.05, 0) is 6.42 Å². The van der Waals surface area contributed by atoms with E-state index in [0.717, 1.165) is 0 Å². The Hall–Kier alpha value is -0.940. The summed E-state index contributed by atoms with van der Waals surface area (Å²) in [5.41, 5.74) is 0. The minimum absolute atomic E-state index is 0.192. The standard InChI is InChI=1S/C11H21NO4/c1-4-5-9(13)7-12(2,3)8-10(14)6-11(15)16/h10,14H,4-8H2,1-3H3/p+1/t10-/m1/s1/i8D2,10D. The molecule has 0 unspecified atom stereocenters. The highest BCUT2D eigenvalue weighted by Crippen LogP contribution is 2.05. The van der Waals surface area contributed by atoms with E-state index in [2.05, 4.69) is 0 Å². The van der Waals surface area contributed by atoms with Crippen molar-refractivity contribution < 1.29 is 28.4 Å². The van der Waals surface area contributed by atoms with Gasteiger partial charge in [0.05, 0.1) is 24.6 Å². The summed E-state index contributed by atoms with van der Waals surface area (Å²) in [5.74, 6) is -1.66.